The van der Waals surface area contributed by atoms with E-state index in [1.165, 1.54) is 23.9 Å². The topological polar surface area (TPSA) is 76.0 Å². The third-order valence-corrected chi connectivity index (χ3v) is 8.03. The second-order valence-corrected chi connectivity index (χ2v) is 10.5. The van der Waals surface area contributed by atoms with Crippen LogP contribution < -0.4 is 9.64 Å². The molecular formula is C19H16ClFN2O4S2. The predicted molar refractivity (Wildman–Crippen MR) is 112 cm³/mol. The third kappa shape index (κ3) is 4.57. The van der Waals surface area contributed by atoms with Crippen LogP contribution in [0.4, 0.5) is 10.1 Å². The summed E-state index contributed by atoms with van der Waals surface area (Å²) in [5, 5.41) is 0.725. The van der Waals surface area contributed by atoms with Crippen molar-refractivity contribution in [2.75, 3.05) is 23.0 Å². The SMILES string of the molecule is O=C(COc1ccc(Cl)cc1)N=C1S[C@@H]2CS(=O)(=O)C[C@H]2N1c1ccc(F)cc1. The second kappa shape index (κ2) is 7.97. The number of nitrogens with zero attached hydrogens (tertiary/aromatic N) is 2. The maximum absolute atomic E-state index is 13.3. The number of rotatable bonds is 4. The van der Waals surface area contributed by atoms with Gasteiger partial charge in [-0.25, -0.2) is 12.8 Å². The largest absolute Gasteiger partial charge is 0.484 e. The maximum atomic E-state index is 13.3. The summed E-state index contributed by atoms with van der Waals surface area (Å²) >= 11 is 7.07. The molecule has 0 spiro atoms. The van der Waals surface area contributed by atoms with Gasteiger partial charge in [0.25, 0.3) is 5.91 Å². The molecule has 0 N–H and O–H groups in total. The molecule has 0 aliphatic carbocycles. The van der Waals surface area contributed by atoms with Crippen LogP contribution in [0.3, 0.4) is 0 Å². The first-order chi connectivity index (χ1) is 13.8. The van der Waals surface area contributed by atoms with Gasteiger partial charge in [0.05, 0.1) is 17.5 Å². The predicted octanol–water partition coefficient (Wildman–Crippen LogP) is 3.16. The van der Waals surface area contributed by atoms with E-state index in [1.807, 2.05) is 0 Å². The van der Waals surface area contributed by atoms with Crippen molar-refractivity contribution < 1.29 is 22.3 Å². The number of aliphatic imine (C=N–C) groups is 1. The minimum absolute atomic E-state index is 0.0223. The molecule has 152 valence electrons. The molecule has 2 heterocycles. The van der Waals surface area contributed by atoms with Crippen LogP contribution >= 0.6 is 23.4 Å². The number of benzene rings is 2. The number of sulfone groups is 1. The fourth-order valence-electron chi connectivity index (χ4n) is 3.28. The standard InChI is InChI=1S/C19H16ClFN2O4S2/c20-12-1-7-15(8-2-12)27-9-18(24)22-19-23(14-5-3-13(21)4-6-14)16-10-29(25,26)11-17(16)28-19/h1-8,16-17H,9-11H2/t16-,17-/m1/s1. The number of ether oxygens (including phenoxy) is 1. The van der Waals surface area contributed by atoms with Gasteiger partial charge in [0.2, 0.25) is 0 Å². The van der Waals surface area contributed by atoms with Crippen LogP contribution in [-0.2, 0) is 14.6 Å². The molecular weight excluding hydrogens is 439 g/mol. The number of carbonyl (C=O) groups excluding carboxylic acids is 1. The van der Waals surface area contributed by atoms with Gasteiger partial charge in [0, 0.05) is 16.0 Å². The van der Waals surface area contributed by atoms with E-state index < -0.39 is 21.6 Å². The molecule has 2 aliphatic heterocycles. The van der Waals surface area contributed by atoms with Gasteiger partial charge in [-0.2, -0.15) is 4.99 Å². The molecule has 0 bridgehead atoms. The van der Waals surface area contributed by atoms with E-state index in [0.717, 1.165) is 0 Å². The maximum Gasteiger partial charge on any atom is 0.285 e. The fourth-order valence-corrected chi connectivity index (χ4v) is 7.34. The highest BCUT2D eigenvalue weighted by Gasteiger charge is 2.49. The summed E-state index contributed by atoms with van der Waals surface area (Å²) < 4.78 is 42.9. The lowest BCUT2D eigenvalue weighted by Crippen LogP contribution is -2.37. The Morgan fingerprint density at radius 1 is 1.17 bits per heavy atom. The van der Waals surface area contributed by atoms with Crippen molar-refractivity contribution in [2.24, 2.45) is 4.99 Å². The van der Waals surface area contributed by atoms with Crippen LogP contribution in [0, 0.1) is 5.82 Å². The minimum Gasteiger partial charge on any atom is -0.484 e. The zero-order valence-electron chi connectivity index (χ0n) is 15.0. The lowest BCUT2D eigenvalue weighted by Gasteiger charge is -2.24. The Kier molecular flexibility index (Phi) is 5.54. The van der Waals surface area contributed by atoms with Gasteiger partial charge < -0.3 is 9.64 Å². The molecule has 0 unspecified atom stereocenters. The number of amidine groups is 1. The van der Waals surface area contributed by atoms with E-state index in [0.29, 0.717) is 21.6 Å². The van der Waals surface area contributed by atoms with Crippen LogP contribution in [-0.4, -0.2) is 48.9 Å². The van der Waals surface area contributed by atoms with E-state index in [4.69, 9.17) is 16.3 Å². The van der Waals surface area contributed by atoms with Gasteiger partial charge >= 0.3 is 0 Å². The molecule has 2 atom stereocenters. The molecule has 2 saturated heterocycles. The highest BCUT2D eigenvalue weighted by molar-refractivity contribution is 8.16. The van der Waals surface area contributed by atoms with Crippen LogP contribution in [0.25, 0.3) is 0 Å². The summed E-state index contributed by atoms with van der Waals surface area (Å²) in [6.07, 6.45) is 0. The van der Waals surface area contributed by atoms with Crippen molar-refractivity contribution in [3.63, 3.8) is 0 Å². The Morgan fingerprint density at radius 3 is 2.55 bits per heavy atom. The number of amides is 1. The Balaban J connectivity index is 1.54. The smallest absolute Gasteiger partial charge is 0.285 e. The molecule has 2 aliphatic rings. The molecule has 0 radical (unpaired) electrons. The highest BCUT2D eigenvalue weighted by Crippen LogP contribution is 2.40. The number of hydrogen-bond donors (Lipinski definition) is 0. The summed E-state index contributed by atoms with van der Waals surface area (Å²) in [5.74, 6) is -0.426. The summed E-state index contributed by atoms with van der Waals surface area (Å²) in [5.41, 5.74) is 0.591. The molecule has 0 aromatic heterocycles. The number of carbonyl (C=O) groups is 1. The van der Waals surface area contributed by atoms with Crippen molar-refractivity contribution in [1.82, 2.24) is 0 Å². The average Bonchev–Trinajstić information content (AvgIpc) is 3.13. The van der Waals surface area contributed by atoms with Crippen LogP contribution in [0.15, 0.2) is 53.5 Å². The quantitative estimate of drug-likeness (QED) is 0.706. The molecule has 0 saturated carbocycles. The summed E-state index contributed by atoms with van der Waals surface area (Å²) in [6, 6.07) is 11.9. The summed E-state index contributed by atoms with van der Waals surface area (Å²) in [4.78, 5) is 18.2. The number of halogens is 2. The fraction of sp³-hybridized carbons (Fsp3) is 0.263. The van der Waals surface area contributed by atoms with Crippen LogP contribution in [0.5, 0.6) is 5.75 Å². The molecule has 6 nitrogen and oxygen atoms in total. The van der Waals surface area contributed by atoms with Gasteiger partial charge in [-0.3, -0.25) is 4.79 Å². The zero-order chi connectivity index (χ0) is 20.6. The minimum atomic E-state index is -3.17. The van der Waals surface area contributed by atoms with Crippen molar-refractivity contribution in [3.05, 3.63) is 59.4 Å². The van der Waals surface area contributed by atoms with Crippen molar-refractivity contribution in [1.29, 1.82) is 0 Å². The molecule has 29 heavy (non-hydrogen) atoms. The van der Waals surface area contributed by atoms with E-state index in [1.54, 1.807) is 41.3 Å². The molecule has 10 heteroatoms. The Labute approximate surface area is 176 Å². The Hall–Kier alpha value is -2.10. The first kappa shape index (κ1) is 20.2. The van der Waals surface area contributed by atoms with Crippen molar-refractivity contribution in [3.8, 4) is 5.75 Å². The van der Waals surface area contributed by atoms with E-state index in [9.17, 15) is 17.6 Å². The Bertz CT molecular complexity index is 1060. The summed E-state index contributed by atoms with van der Waals surface area (Å²) in [6.45, 7) is -0.267. The zero-order valence-corrected chi connectivity index (χ0v) is 17.4. The van der Waals surface area contributed by atoms with E-state index >= 15 is 0 Å². The lowest BCUT2D eigenvalue weighted by atomic mass is 10.2. The van der Waals surface area contributed by atoms with Gasteiger partial charge in [-0.15, -0.1) is 0 Å². The van der Waals surface area contributed by atoms with E-state index in [2.05, 4.69) is 4.99 Å². The van der Waals surface area contributed by atoms with Crippen molar-refractivity contribution >= 4 is 50.0 Å². The monoisotopic (exact) mass is 454 g/mol. The molecule has 2 fully saturated rings. The van der Waals surface area contributed by atoms with Crippen LogP contribution in [0.1, 0.15) is 0 Å². The van der Waals surface area contributed by atoms with Crippen molar-refractivity contribution in [2.45, 2.75) is 11.3 Å². The molecule has 4 rings (SSSR count). The van der Waals surface area contributed by atoms with Gasteiger partial charge in [0.1, 0.15) is 11.6 Å². The Morgan fingerprint density at radius 2 is 1.86 bits per heavy atom. The first-order valence-electron chi connectivity index (χ1n) is 8.72. The average molecular weight is 455 g/mol. The first-order valence-corrected chi connectivity index (χ1v) is 11.8. The normalized spacial score (nSPS) is 23.9. The second-order valence-electron chi connectivity index (χ2n) is 6.68. The molecule has 2 aromatic rings. The number of hydrogen-bond acceptors (Lipinski definition) is 5. The molecule has 1 amide bonds. The van der Waals surface area contributed by atoms with Gasteiger partial charge in [-0.1, -0.05) is 23.4 Å². The molecule has 2 aromatic carbocycles. The highest BCUT2D eigenvalue weighted by atomic mass is 35.5. The lowest BCUT2D eigenvalue weighted by molar-refractivity contribution is -0.119. The van der Waals surface area contributed by atoms with Crippen LogP contribution in [0.2, 0.25) is 5.02 Å². The van der Waals surface area contributed by atoms with Gasteiger partial charge in [-0.05, 0) is 48.5 Å². The number of thioether (sulfide) groups is 1. The number of fused-ring (bicyclic) bond motifs is 1. The number of anilines is 1. The van der Waals surface area contributed by atoms with Gasteiger partial charge in [0.15, 0.2) is 21.6 Å². The van der Waals surface area contributed by atoms with E-state index in [-0.39, 0.29) is 29.4 Å². The third-order valence-electron chi connectivity index (χ3n) is 4.57. The summed E-state index contributed by atoms with van der Waals surface area (Å²) in [7, 11) is -3.17.